The number of likely N-dealkylation sites (tertiary alicyclic amines) is 1. The molecule has 2 heterocycles. The number of nitrogens with one attached hydrogen (secondary N) is 1. The average molecular weight is 401 g/mol. The lowest BCUT2D eigenvalue weighted by Crippen LogP contribution is -2.42. The molecule has 0 bridgehead atoms. The third-order valence-electron chi connectivity index (χ3n) is 4.53. The zero-order valence-electron chi connectivity index (χ0n) is 17.0. The van der Waals surface area contributed by atoms with Gasteiger partial charge in [0.15, 0.2) is 18.8 Å². The van der Waals surface area contributed by atoms with Gasteiger partial charge >= 0.3 is 12.2 Å². The number of piperidine rings is 1. The fraction of sp³-hybridized carbons (Fsp3) is 0.476. The van der Waals surface area contributed by atoms with Crippen molar-refractivity contribution in [1.82, 2.24) is 9.88 Å². The molecule has 1 unspecified atom stereocenters. The molecule has 2 amide bonds. The smallest absolute Gasteiger partial charge is 0.412 e. The molecule has 1 aromatic heterocycles. The molecule has 0 radical (unpaired) electrons. The van der Waals surface area contributed by atoms with Crippen molar-refractivity contribution < 1.29 is 23.5 Å². The van der Waals surface area contributed by atoms with Crippen molar-refractivity contribution in [2.45, 2.75) is 51.7 Å². The second kappa shape index (κ2) is 8.98. The van der Waals surface area contributed by atoms with Crippen LogP contribution in [0.4, 0.5) is 15.3 Å². The number of oxazole rings is 1. The number of ether oxygens (including phenoxy) is 2. The highest BCUT2D eigenvalue weighted by atomic mass is 16.6. The van der Waals surface area contributed by atoms with Gasteiger partial charge in [-0.25, -0.2) is 14.6 Å². The minimum absolute atomic E-state index is 0.0203. The van der Waals surface area contributed by atoms with E-state index in [1.54, 1.807) is 4.90 Å². The lowest BCUT2D eigenvalue weighted by Gasteiger charge is -2.34. The molecule has 8 nitrogen and oxygen atoms in total. The predicted octanol–water partition coefficient (Wildman–Crippen LogP) is 4.54. The molecule has 2 aromatic rings. The van der Waals surface area contributed by atoms with Gasteiger partial charge in [0.1, 0.15) is 5.60 Å². The molecule has 8 heteroatoms. The Morgan fingerprint density at radius 1 is 1.28 bits per heavy atom. The first-order valence-electron chi connectivity index (χ1n) is 9.69. The summed E-state index contributed by atoms with van der Waals surface area (Å²) in [5.41, 5.74) is 1.26. The summed E-state index contributed by atoms with van der Waals surface area (Å²) in [5, 5.41) is 2.68. The van der Waals surface area contributed by atoms with Crippen molar-refractivity contribution >= 4 is 17.9 Å². The number of rotatable bonds is 4. The van der Waals surface area contributed by atoms with Gasteiger partial charge in [-0.1, -0.05) is 12.1 Å². The Labute approximate surface area is 170 Å². The fourth-order valence-corrected chi connectivity index (χ4v) is 3.18. The summed E-state index contributed by atoms with van der Waals surface area (Å²) >= 11 is 0. The molecule has 3 rings (SSSR count). The van der Waals surface area contributed by atoms with E-state index in [0.717, 1.165) is 18.4 Å². The van der Waals surface area contributed by atoms with Crippen LogP contribution >= 0.6 is 0 Å². The van der Waals surface area contributed by atoms with Gasteiger partial charge in [-0.05, 0) is 51.3 Å². The van der Waals surface area contributed by atoms with Crippen LogP contribution in [0, 0.1) is 0 Å². The van der Waals surface area contributed by atoms with Crippen LogP contribution in [-0.4, -0.2) is 40.8 Å². The summed E-state index contributed by atoms with van der Waals surface area (Å²) in [6, 6.07) is 7.60. The fourth-order valence-electron chi connectivity index (χ4n) is 3.18. The van der Waals surface area contributed by atoms with E-state index in [0.29, 0.717) is 24.5 Å². The highest BCUT2D eigenvalue weighted by Crippen LogP contribution is 2.28. The monoisotopic (exact) mass is 401 g/mol. The number of hydrogen-bond donors (Lipinski definition) is 1. The molecule has 1 aromatic carbocycles. The Bertz CT molecular complexity index is 812. The molecule has 0 aliphatic carbocycles. The number of hydrogen-bond acceptors (Lipinski definition) is 6. The lowest BCUT2D eigenvalue weighted by atomic mass is 9.91. The van der Waals surface area contributed by atoms with Crippen LogP contribution in [0.1, 0.15) is 50.9 Å². The highest BCUT2D eigenvalue weighted by Gasteiger charge is 2.28. The third kappa shape index (κ3) is 6.23. The summed E-state index contributed by atoms with van der Waals surface area (Å²) in [6.45, 7) is 6.97. The molecule has 29 heavy (non-hydrogen) atoms. The lowest BCUT2D eigenvalue weighted by molar-refractivity contribution is 0.0198. The second-order valence-corrected chi connectivity index (χ2v) is 8.06. The van der Waals surface area contributed by atoms with Gasteiger partial charge in [-0.15, -0.1) is 0 Å². The Kier molecular flexibility index (Phi) is 6.41. The van der Waals surface area contributed by atoms with Gasteiger partial charge in [0.2, 0.25) is 0 Å². The molecule has 1 fully saturated rings. The number of nitrogens with zero attached hydrogens (tertiary/aromatic N) is 2. The summed E-state index contributed by atoms with van der Waals surface area (Å²) in [4.78, 5) is 29.7. The zero-order valence-corrected chi connectivity index (χ0v) is 17.0. The van der Waals surface area contributed by atoms with E-state index in [2.05, 4.69) is 10.3 Å². The SMILES string of the molecule is CC(C)(C)OC(=O)N1CCCC(c2ccc(NC(=O)OCc3cnco3)cc2)C1. The van der Waals surface area contributed by atoms with Crippen molar-refractivity contribution in [3.8, 4) is 0 Å². The number of aromatic nitrogens is 1. The quantitative estimate of drug-likeness (QED) is 0.808. The van der Waals surface area contributed by atoms with Crippen molar-refractivity contribution in [3.05, 3.63) is 48.2 Å². The van der Waals surface area contributed by atoms with Crippen molar-refractivity contribution in [3.63, 3.8) is 0 Å². The molecule has 1 N–H and O–H groups in total. The summed E-state index contributed by atoms with van der Waals surface area (Å²) in [7, 11) is 0. The van der Waals surface area contributed by atoms with Gasteiger partial charge < -0.3 is 18.8 Å². The first-order chi connectivity index (χ1) is 13.8. The standard InChI is InChI=1S/C21H27N3O5/c1-21(2,3)29-20(26)24-10-4-5-16(12-24)15-6-8-17(9-7-15)23-19(25)27-13-18-11-22-14-28-18/h6-9,11,14,16H,4-5,10,12-13H2,1-3H3,(H,23,25). The van der Waals surface area contributed by atoms with E-state index in [1.165, 1.54) is 12.6 Å². The van der Waals surface area contributed by atoms with Crippen LogP contribution in [0.15, 0.2) is 41.3 Å². The summed E-state index contributed by atoms with van der Waals surface area (Å²) < 4.78 is 15.6. The Morgan fingerprint density at radius 2 is 2.03 bits per heavy atom. The van der Waals surface area contributed by atoms with Crippen molar-refractivity contribution in [2.24, 2.45) is 0 Å². The van der Waals surface area contributed by atoms with E-state index in [9.17, 15) is 9.59 Å². The Balaban J connectivity index is 1.52. The highest BCUT2D eigenvalue weighted by molar-refractivity contribution is 5.84. The maximum Gasteiger partial charge on any atom is 0.412 e. The second-order valence-electron chi connectivity index (χ2n) is 8.06. The molecule has 1 aliphatic rings. The van der Waals surface area contributed by atoms with Crippen LogP contribution in [0.2, 0.25) is 0 Å². The van der Waals surface area contributed by atoms with Gasteiger partial charge in [0.05, 0.1) is 6.20 Å². The van der Waals surface area contributed by atoms with E-state index >= 15 is 0 Å². The maximum atomic E-state index is 12.3. The largest absolute Gasteiger partial charge is 0.445 e. The number of benzene rings is 1. The number of carbonyl (C=O) groups is 2. The predicted molar refractivity (Wildman–Crippen MR) is 107 cm³/mol. The number of anilines is 1. The summed E-state index contributed by atoms with van der Waals surface area (Å²) in [6.07, 6.45) is 3.87. The number of carbonyl (C=O) groups excluding carboxylic acids is 2. The van der Waals surface area contributed by atoms with Gasteiger partial charge in [-0.3, -0.25) is 5.32 Å². The minimum Gasteiger partial charge on any atom is -0.445 e. The molecule has 0 spiro atoms. The van der Waals surface area contributed by atoms with Gasteiger partial charge in [-0.2, -0.15) is 0 Å². The van der Waals surface area contributed by atoms with Crippen LogP contribution in [-0.2, 0) is 16.1 Å². The topological polar surface area (TPSA) is 93.9 Å². The van der Waals surface area contributed by atoms with Crippen LogP contribution < -0.4 is 5.32 Å². The Morgan fingerprint density at radius 3 is 2.69 bits per heavy atom. The third-order valence-corrected chi connectivity index (χ3v) is 4.53. The first-order valence-corrected chi connectivity index (χ1v) is 9.69. The molecule has 156 valence electrons. The molecule has 0 saturated carbocycles. The van der Waals surface area contributed by atoms with Crippen LogP contribution in [0.25, 0.3) is 0 Å². The van der Waals surface area contributed by atoms with Gasteiger partial charge in [0, 0.05) is 24.7 Å². The molecular formula is C21H27N3O5. The van der Waals surface area contributed by atoms with Crippen molar-refractivity contribution in [2.75, 3.05) is 18.4 Å². The molecular weight excluding hydrogens is 374 g/mol. The van der Waals surface area contributed by atoms with Crippen molar-refractivity contribution in [1.29, 1.82) is 0 Å². The zero-order chi connectivity index (χ0) is 20.9. The van der Waals surface area contributed by atoms with Crippen LogP contribution in [0.3, 0.4) is 0 Å². The minimum atomic E-state index is -0.567. The van der Waals surface area contributed by atoms with Gasteiger partial charge in [0.25, 0.3) is 0 Å². The van der Waals surface area contributed by atoms with E-state index in [-0.39, 0.29) is 18.6 Å². The summed E-state index contributed by atoms with van der Waals surface area (Å²) in [5.74, 6) is 0.714. The number of amides is 2. The average Bonchev–Trinajstić information content (AvgIpc) is 3.19. The van der Waals surface area contributed by atoms with E-state index < -0.39 is 11.7 Å². The normalized spacial score (nSPS) is 16.9. The maximum absolute atomic E-state index is 12.3. The van der Waals surface area contributed by atoms with E-state index in [1.807, 2.05) is 45.0 Å². The molecule has 1 saturated heterocycles. The molecule has 1 atom stereocenters. The molecule has 1 aliphatic heterocycles. The first kappa shape index (κ1) is 20.7. The van der Waals surface area contributed by atoms with Crippen LogP contribution in [0.5, 0.6) is 0 Å². The van der Waals surface area contributed by atoms with E-state index in [4.69, 9.17) is 13.9 Å². The Hall–Kier alpha value is -3.03.